The molecule has 0 aromatic heterocycles. The van der Waals surface area contributed by atoms with Crippen LogP contribution in [-0.4, -0.2) is 34.6 Å². The van der Waals surface area contributed by atoms with Crippen molar-refractivity contribution in [2.45, 2.75) is 12.8 Å². The lowest BCUT2D eigenvalue weighted by Crippen LogP contribution is -2.40. The molecule has 6 nitrogen and oxygen atoms in total. The Kier molecular flexibility index (Phi) is 3.80. The van der Waals surface area contributed by atoms with Crippen molar-refractivity contribution in [1.29, 1.82) is 0 Å². The van der Waals surface area contributed by atoms with Crippen LogP contribution in [0.3, 0.4) is 0 Å². The molecule has 0 N–H and O–H groups in total. The zero-order valence-corrected chi connectivity index (χ0v) is 10.7. The first-order valence-corrected chi connectivity index (χ1v) is 6.11. The predicted molar refractivity (Wildman–Crippen MR) is 68.3 cm³/mol. The van der Waals surface area contributed by atoms with Gasteiger partial charge in [-0.2, -0.15) is 0 Å². The molecule has 0 aliphatic carbocycles. The maximum Gasteiger partial charge on any atom is 0.271 e. The minimum Gasteiger partial charge on any atom is -0.331 e. The zero-order valence-electron chi connectivity index (χ0n) is 9.97. The highest BCUT2D eigenvalue weighted by Crippen LogP contribution is 2.22. The smallest absolute Gasteiger partial charge is 0.271 e. The largest absolute Gasteiger partial charge is 0.331 e. The lowest BCUT2D eigenvalue weighted by Gasteiger charge is -2.25. The van der Waals surface area contributed by atoms with Gasteiger partial charge >= 0.3 is 0 Å². The third kappa shape index (κ3) is 3.08. The number of amides is 1. The quantitative estimate of drug-likeness (QED) is 0.614. The number of nitrogens with zero attached hydrogens (tertiary/aromatic N) is 2. The van der Waals surface area contributed by atoms with Gasteiger partial charge in [0.2, 0.25) is 0 Å². The molecule has 0 saturated carbocycles. The Morgan fingerprint density at radius 3 is 2.74 bits per heavy atom. The number of rotatable bonds is 2. The molecule has 2 rings (SSSR count). The van der Waals surface area contributed by atoms with Crippen LogP contribution in [0.4, 0.5) is 5.69 Å². The fourth-order valence-electron chi connectivity index (χ4n) is 2.00. The maximum absolute atomic E-state index is 12.2. The number of halogens is 1. The number of ketones is 1. The number of Topliss-reactive ketones (excluding diaryl/α,β-unsaturated/α-hetero) is 1. The fraction of sp³-hybridized carbons (Fsp3) is 0.333. The molecule has 1 amide bonds. The molecule has 1 fully saturated rings. The molecule has 0 radical (unpaired) electrons. The van der Waals surface area contributed by atoms with Crippen LogP contribution in [0.2, 0.25) is 5.02 Å². The number of nitro benzene ring substituents is 1. The lowest BCUT2D eigenvalue weighted by atomic mass is 10.1. The first-order valence-electron chi connectivity index (χ1n) is 5.73. The first-order chi connectivity index (χ1) is 8.97. The van der Waals surface area contributed by atoms with E-state index in [0.29, 0.717) is 19.4 Å². The van der Waals surface area contributed by atoms with Crippen molar-refractivity contribution in [1.82, 2.24) is 4.90 Å². The minimum absolute atomic E-state index is 0.00359. The third-order valence-corrected chi connectivity index (χ3v) is 3.10. The number of likely N-dealkylation sites (tertiary alicyclic amines) is 1. The molecule has 1 saturated heterocycles. The van der Waals surface area contributed by atoms with Gasteiger partial charge in [-0.05, 0) is 12.5 Å². The van der Waals surface area contributed by atoms with Crippen molar-refractivity contribution in [2.24, 2.45) is 0 Å². The second-order valence-electron chi connectivity index (χ2n) is 4.32. The van der Waals surface area contributed by atoms with Gasteiger partial charge in [0.15, 0.2) is 5.78 Å². The number of nitro groups is 1. The summed E-state index contributed by atoms with van der Waals surface area (Å²) in [5.41, 5.74) is -0.104. The van der Waals surface area contributed by atoms with E-state index in [1.54, 1.807) is 0 Å². The van der Waals surface area contributed by atoms with Crippen LogP contribution < -0.4 is 0 Å². The molecule has 100 valence electrons. The summed E-state index contributed by atoms with van der Waals surface area (Å²) in [6.45, 7) is 0.532. The Labute approximate surface area is 114 Å². The number of non-ortho nitro benzene ring substituents is 1. The molecule has 1 aliphatic heterocycles. The predicted octanol–water partition coefficient (Wildman–Crippen LogP) is 2.05. The van der Waals surface area contributed by atoms with Crippen molar-refractivity contribution in [3.05, 3.63) is 38.9 Å². The van der Waals surface area contributed by atoms with Gasteiger partial charge in [0.25, 0.3) is 11.6 Å². The van der Waals surface area contributed by atoms with E-state index in [1.807, 2.05) is 0 Å². The molecule has 1 heterocycles. The first kappa shape index (κ1) is 13.5. The molecule has 1 aliphatic rings. The summed E-state index contributed by atoms with van der Waals surface area (Å²) in [5, 5.41) is 10.9. The fourth-order valence-corrected chi connectivity index (χ4v) is 2.23. The van der Waals surface area contributed by atoms with E-state index >= 15 is 0 Å². The third-order valence-electron chi connectivity index (χ3n) is 2.88. The van der Waals surface area contributed by atoms with Gasteiger partial charge < -0.3 is 4.90 Å². The van der Waals surface area contributed by atoms with Gasteiger partial charge in [-0.1, -0.05) is 11.6 Å². The summed E-state index contributed by atoms with van der Waals surface area (Å²) >= 11 is 5.76. The monoisotopic (exact) mass is 282 g/mol. The summed E-state index contributed by atoms with van der Waals surface area (Å²) in [6.07, 6.45) is 1.09. The van der Waals surface area contributed by atoms with Crippen LogP contribution in [0.1, 0.15) is 23.2 Å². The van der Waals surface area contributed by atoms with Crippen LogP contribution in [0.25, 0.3) is 0 Å². The van der Waals surface area contributed by atoms with Gasteiger partial charge in [0.05, 0.1) is 11.5 Å². The molecular weight excluding hydrogens is 272 g/mol. The highest BCUT2D eigenvalue weighted by atomic mass is 35.5. The Bertz CT molecular complexity index is 559. The molecule has 0 bridgehead atoms. The Morgan fingerprint density at radius 1 is 1.37 bits per heavy atom. The molecule has 0 unspecified atom stereocenters. The van der Waals surface area contributed by atoms with Crippen molar-refractivity contribution in [3.8, 4) is 0 Å². The van der Waals surface area contributed by atoms with Crippen LogP contribution in [0.5, 0.6) is 0 Å². The zero-order chi connectivity index (χ0) is 14.0. The summed E-state index contributed by atoms with van der Waals surface area (Å²) in [7, 11) is 0. The Balaban J connectivity index is 2.28. The van der Waals surface area contributed by atoms with E-state index < -0.39 is 10.8 Å². The van der Waals surface area contributed by atoms with Crippen LogP contribution in [-0.2, 0) is 4.79 Å². The van der Waals surface area contributed by atoms with E-state index in [2.05, 4.69) is 0 Å². The minimum atomic E-state index is -0.607. The van der Waals surface area contributed by atoms with Gasteiger partial charge in [-0.25, -0.2) is 0 Å². The Hall–Kier alpha value is -1.95. The van der Waals surface area contributed by atoms with Crippen LogP contribution >= 0.6 is 11.6 Å². The molecule has 19 heavy (non-hydrogen) atoms. The van der Waals surface area contributed by atoms with Crippen molar-refractivity contribution in [3.63, 3.8) is 0 Å². The van der Waals surface area contributed by atoms with E-state index in [-0.39, 0.29) is 28.6 Å². The number of piperidine rings is 1. The number of hydrogen-bond donors (Lipinski definition) is 0. The summed E-state index contributed by atoms with van der Waals surface area (Å²) in [5.74, 6) is -0.408. The van der Waals surface area contributed by atoms with Gasteiger partial charge in [-0.15, -0.1) is 0 Å². The molecule has 7 heteroatoms. The summed E-state index contributed by atoms with van der Waals surface area (Å²) in [6, 6.07) is 3.73. The van der Waals surface area contributed by atoms with Gasteiger partial charge in [0.1, 0.15) is 0 Å². The van der Waals surface area contributed by atoms with E-state index in [0.717, 1.165) is 0 Å². The summed E-state index contributed by atoms with van der Waals surface area (Å²) < 4.78 is 0. The van der Waals surface area contributed by atoms with E-state index in [4.69, 9.17) is 11.6 Å². The van der Waals surface area contributed by atoms with Crippen molar-refractivity contribution >= 4 is 29.0 Å². The standard InChI is InChI=1S/C12H11ClN2O4/c13-9-4-8(5-10(6-9)15(18)19)12(17)14-3-1-2-11(16)7-14/h4-6H,1-3,7H2. The average molecular weight is 283 g/mol. The van der Waals surface area contributed by atoms with E-state index in [1.165, 1.54) is 23.1 Å². The molecule has 1 aromatic rings. The summed E-state index contributed by atoms with van der Waals surface area (Å²) in [4.78, 5) is 35.0. The highest BCUT2D eigenvalue weighted by Gasteiger charge is 2.24. The van der Waals surface area contributed by atoms with Crippen LogP contribution in [0, 0.1) is 10.1 Å². The Morgan fingerprint density at radius 2 is 2.11 bits per heavy atom. The second-order valence-corrected chi connectivity index (χ2v) is 4.76. The topological polar surface area (TPSA) is 80.5 Å². The highest BCUT2D eigenvalue weighted by molar-refractivity contribution is 6.31. The van der Waals surface area contributed by atoms with Gasteiger partial charge in [0, 0.05) is 35.7 Å². The normalized spacial score (nSPS) is 15.4. The number of carbonyl (C=O) groups excluding carboxylic acids is 2. The molecule has 0 spiro atoms. The van der Waals surface area contributed by atoms with Crippen LogP contribution in [0.15, 0.2) is 18.2 Å². The molecule has 0 atom stereocenters. The number of carbonyl (C=O) groups is 2. The van der Waals surface area contributed by atoms with Crippen molar-refractivity contribution in [2.75, 3.05) is 13.1 Å². The average Bonchev–Trinajstić information content (AvgIpc) is 2.37. The SMILES string of the molecule is O=C1CCCN(C(=O)c2cc(Cl)cc([N+](=O)[O-])c2)C1. The van der Waals surface area contributed by atoms with Crippen molar-refractivity contribution < 1.29 is 14.5 Å². The molecule has 1 aromatic carbocycles. The lowest BCUT2D eigenvalue weighted by molar-refractivity contribution is -0.384. The number of hydrogen-bond acceptors (Lipinski definition) is 4. The molecular formula is C12H11ClN2O4. The van der Waals surface area contributed by atoms with E-state index in [9.17, 15) is 19.7 Å². The number of benzene rings is 1. The maximum atomic E-state index is 12.2. The second kappa shape index (κ2) is 5.36. The van der Waals surface area contributed by atoms with Gasteiger partial charge in [-0.3, -0.25) is 19.7 Å².